The lowest BCUT2D eigenvalue weighted by atomic mass is 10.1. The first-order valence-corrected chi connectivity index (χ1v) is 6.42. The predicted molar refractivity (Wildman–Crippen MR) is 63.3 cm³/mol. The van der Waals surface area contributed by atoms with Gasteiger partial charge in [-0.05, 0) is 17.9 Å². The van der Waals surface area contributed by atoms with Crippen LogP contribution in [-0.2, 0) is 19.5 Å². The topological polar surface area (TPSA) is 42.7 Å². The highest BCUT2D eigenvalue weighted by Gasteiger charge is 2.18. The number of aromatic nitrogens is 3. The van der Waals surface area contributed by atoms with Gasteiger partial charge in [-0.2, -0.15) is 5.10 Å². The minimum atomic E-state index is 0.524. The molecule has 16 heavy (non-hydrogen) atoms. The van der Waals surface area contributed by atoms with Crippen LogP contribution in [0.3, 0.4) is 0 Å². The van der Waals surface area contributed by atoms with Gasteiger partial charge in [0.05, 0.1) is 6.54 Å². The molecule has 0 saturated carbocycles. The van der Waals surface area contributed by atoms with Crippen molar-refractivity contribution in [2.24, 2.45) is 0 Å². The molecule has 0 amide bonds. The van der Waals surface area contributed by atoms with E-state index in [4.69, 9.17) is 0 Å². The summed E-state index contributed by atoms with van der Waals surface area (Å²) in [6.45, 7) is 1.91. The van der Waals surface area contributed by atoms with Crippen LogP contribution in [0.5, 0.6) is 0 Å². The Kier molecular flexibility index (Phi) is 2.71. The maximum Gasteiger partial charge on any atom is 0.138 e. The Hall–Kier alpha value is -1.20. The summed E-state index contributed by atoms with van der Waals surface area (Å²) in [5.41, 5.74) is 0. The van der Waals surface area contributed by atoms with Crippen molar-refractivity contribution >= 4 is 11.3 Å². The molecule has 0 aliphatic carbocycles. The van der Waals surface area contributed by atoms with Gasteiger partial charge in [-0.1, -0.05) is 6.07 Å². The summed E-state index contributed by atoms with van der Waals surface area (Å²) in [6, 6.07) is 4.79. The van der Waals surface area contributed by atoms with E-state index in [0.29, 0.717) is 6.04 Å². The van der Waals surface area contributed by atoms with Gasteiger partial charge in [0, 0.05) is 23.9 Å². The Morgan fingerprint density at radius 2 is 2.56 bits per heavy atom. The Bertz CT molecular complexity index is 448. The van der Waals surface area contributed by atoms with Crippen LogP contribution in [-0.4, -0.2) is 20.8 Å². The van der Waals surface area contributed by atoms with Crippen molar-refractivity contribution in [3.8, 4) is 0 Å². The number of fused-ring (bicyclic) bond motifs is 1. The van der Waals surface area contributed by atoms with Gasteiger partial charge in [0.15, 0.2) is 0 Å². The van der Waals surface area contributed by atoms with Crippen LogP contribution in [0.15, 0.2) is 23.8 Å². The number of nitrogens with zero attached hydrogens (tertiary/aromatic N) is 3. The van der Waals surface area contributed by atoms with E-state index in [1.165, 1.54) is 4.88 Å². The van der Waals surface area contributed by atoms with Crippen LogP contribution in [0.4, 0.5) is 0 Å². The molecule has 1 aliphatic heterocycles. The minimum Gasteiger partial charge on any atom is -0.307 e. The molecule has 5 heteroatoms. The summed E-state index contributed by atoms with van der Waals surface area (Å²) < 4.78 is 2.01. The van der Waals surface area contributed by atoms with Gasteiger partial charge in [0.1, 0.15) is 12.2 Å². The zero-order valence-corrected chi connectivity index (χ0v) is 9.78. The van der Waals surface area contributed by atoms with Crippen LogP contribution in [0.25, 0.3) is 0 Å². The molecule has 2 aromatic rings. The number of hydrogen-bond donors (Lipinski definition) is 1. The second kappa shape index (κ2) is 4.35. The van der Waals surface area contributed by atoms with E-state index in [2.05, 4.69) is 32.9 Å². The fourth-order valence-corrected chi connectivity index (χ4v) is 2.72. The van der Waals surface area contributed by atoms with Crippen molar-refractivity contribution in [2.45, 2.75) is 32.0 Å². The third-order valence-corrected chi connectivity index (χ3v) is 3.83. The van der Waals surface area contributed by atoms with Crippen LogP contribution >= 0.6 is 11.3 Å². The third kappa shape index (κ3) is 2.01. The number of aryl methyl sites for hydroxylation is 1. The number of nitrogens with one attached hydrogen (secondary N) is 1. The van der Waals surface area contributed by atoms with E-state index < -0.39 is 0 Å². The summed E-state index contributed by atoms with van der Waals surface area (Å²) in [6.07, 6.45) is 3.84. The summed E-state index contributed by atoms with van der Waals surface area (Å²) in [5, 5.41) is 9.92. The first kappa shape index (κ1) is 9.99. The molecule has 0 fully saturated rings. The van der Waals surface area contributed by atoms with E-state index in [-0.39, 0.29) is 0 Å². The van der Waals surface area contributed by atoms with Gasteiger partial charge in [0.2, 0.25) is 0 Å². The summed E-state index contributed by atoms with van der Waals surface area (Å²) >= 11 is 1.80. The molecule has 0 aromatic carbocycles. The highest BCUT2D eigenvalue weighted by atomic mass is 32.1. The maximum absolute atomic E-state index is 4.23. The van der Waals surface area contributed by atoms with Crippen molar-refractivity contribution in [3.63, 3.8) is 0 Å². The lowest BCUT2D eigenvalue weighted by molar-refractivity contribution is 0.359. The van der Waals surface area contributed by atoms with E-state index in [9.17, 15) is 0 Å². The Morgan fingerprint density at radius 3 is 3.44 bits per heavy atom. The normalized spacial score (nSPS) is 19.6. The number of thiophene rings is 1. The zero-order valence-electron chi connectivity index (χ0n) is 8.97. The summed E-state index contributed by atoms with van der Waals surface area (Å²) in [5.74, 6) is 1.12. The molecule has 0 saturated heterocycles. The Balaban J connectivity index is 1.58. The van der Waals surface area contributed by atoms with Crippen molar-refractivity contribution in [2.75, 3.05) is 0 Å². The fraction of sp³-hybridized carbons (Fsp3) is 0.455. The number of hydrogen-bond acceptors (Lipinski definition) is 4. The molecule has 0 radical (unpaired) electrons. The van der Waals surface area contributed by atoms with E-state index >= 15 is 0 Å². The van der Waals surface area contributed by atoms with Gasteiger partial charge >= 0.3 is 0 Å². The molecule has 3 rings (SSSR count). The van der Waals surface area contributed by atoms with Gasteiger partial charge in [0.25, 0.3) is 0 Å². The maximum atomic E-state index is 4.23. The van der Waals surface area contributed by atoms with Crippen molar-refractivity contribution in [1.82, 2.24) is 20.1 Å². The van der Waals surface area contributed by atoms with Gasteiger partial charge < -0.3 is 5.32 Å². The van der Waals surface area contributed by atoms with E-state index in [1.54, 1.807) is 17.7 Å². The SMILES string of the molecule is c1csc(CNC2CCc3ncnn3C2)c1. The molecule has 0 spiro atoms. The van der Waals surface area contributed by atoms with Crippen LogP contribution in [0.1, 0.15) is 17.1 Å². The quantitative estimate of drug-likeness (QED) is 0.874. The summed E-state index contributed by atoms with van der Waals surface area (Å²) in [7, 11) is 0. The second-order valence-corrected chi connectivity index (χ2v) is 5.09. The molecular formula is C11H14N4S. The number of rotatable bonds is 3. The van der Waals surface area contributed by atoms with Crippen LogP contribution in [0, 0.1) is 0 Å². The minimum absolute atomic E-state index is 0.524. The molecule has 3 heterocycles. The molecule has 84 valence electrons. The van der Waals surface area contributed by atoms with Crippen LogP contribution < -0.4 is 5.32 Å². The first-order valence-electron chi connectivity index (χ1n) is 5.54. The van der Waals surface area contributed by atoms with Crippen molar-refractivity contribution < 1.29 is 0 Å². The van der Waals surface area contributed by atoms with Crippen LogP contribution in [0.2, 0.25) is 0 Å². The molecule has 2 aromatic heterocycles. The monoisotopic (exact) mass is 234 g/mol. The standard InChI is InChI=1S/C11H14N4S/c1-2-10(16-5-1)6-12-9-3-4-11-13-8-14-15(11)7-9/h1-2,5,8-9,12H,3-4,6-7H2. The Morgan fingerprint density at radius 1 is 1.56 bits per heavy atom. The van der Waals surface area contributed by atoms with Gasteiger partial charge in [-0.15, -0.1) is 11.3 Å². The van der Waals surface area contributed by atoms with E-state index in [0.717, 1.165) is 31.8 Å². The van der Waals surface area contributed by atoms with Gasteiger partial charge in [-0.25, -0.2) is 9.67 Å². The lowest BCUT2D eigenvalue weighted by Gasteiger charge is -2.23. The fourth-order valence-electron chi connectivity index (χ4n) is 2.06. The first-order chi connectivity index (χ1) is 7.92. The zero-order chi connectivity index (χ0) is 10.8. The molecule has 1 atom stereocenters. The average molecular weight is 234 g/mol. The highest BCUT2D eigenvalue weighted by molar-refractivity contribution is 7.09. The molecular weight excluding hydrogens is 220 g/mol. The third-order valence-electron chi connectivity index (χ3n) is 2.95. The molecule has 4 nitrogen and oxygen atoms in total. The van der Waals surface area contributed by atoms with Crippen molar-refractivity contribution in [3.05, 3.63) is 34.5 Å². The Labute approximate surface area is 98.3 Å². The lowest BCUT2D eigenvalue weighted by Crippen LogP contribution is -2.37. The predicted octanol–water partition coefficient (Wildman–Crippen LogP) is 1.44. The second-order valence-electron chi connectivity index (χ2n) is 4.05. The van der Waals surface area contributed by atoms with E-state index in [1.807, 2.05) is 4.68 Å². The molecule has 1 N–H and O–H groups in total. The molecule has 1 aliphatic rings. The molecule has 1 unspecified atom stereocenters. The highest BCUT2D eigenvalue weighted by Crippen LogP contribution is 2.13. The summed E-state index contributed by atoms with van der Waals surface area (Å²) in [4.78, 5) is 5.62. The largest absolute Gasteiger partial charge is 0.307 e. The van der Waals surface area contributed by atoms with Crippen molar-refractivity contribution in [1.29, 1.82) is 0 Å². The molecule has 0 bridgehead atoms. The smallest absolute Gasteiger partial charge is 0.138 e. The van der Waals surface area contributed by atoms with Gasteiger partial charge in [-0.3, -0.25) is 0 Å². The average Bonchev–Trinajstić information content (AvgIpc) is 2.97.